The van der Waals surface area contributed by atoms with Gasteiger partial charge >= 0.3 is 0 Å². The van der Waals surface area contributed by atoms with Crippen LogP contribution in [0.15, 0.2) is 41.4 Å². The van der Waals surface area contributed by atoms with Crippen molar-refractivity contribution in [3.05, 3.63) is 47.7 Å². The average Bonchev–Trinajstić information content (AvgIpc) is 2.30. The number of anilines is 2. The minimum absolute atomic E-state index is 0.558. The van der Waals surface area contributed by atoms with Crippen LogP contribution in [0, 0.1) is 6.92 Å². The van der Waals surface area contributed by atoms with Gasteiger partial charge in [-0.15, -0.1) is 11.8 Å². The van der Waals surface area contributed by atoms with E-state index in [0.29, 0.717) is 5.82 Å². The highest BCUT2D eigenvalue weighted by atomic mass is 32.2. The van der Waals surface area contributed by atoms with Crippen molar-refractivity contribution in [3.8, 4) is 0 Å². The van der Waals surface area contributed by atoms with Crippen LogP contribution >= 0.6 is 11.8 Å². The lowest BCUT2D eigenvalue weighted by Crippen LogP contribution is -1.91. The number of thioether (sulfide) groups is 1. The highest BCUT2D eigenvalue weighted by molar-refractivity contribution is 7.98. The smallest absolute Gasteiger partial charge is 0.123 e. The van der Waals surface area contributed by atoms with Crippen LogP contribution in [0.1, 0.15) is 11.1 Å². The molecule has 0 radical (unpaired) electrons. The number of aryl methyl sites for hydroxylation is 1. The molecule has 1 aromatic heterocycles. The van der Waals surface area contributed by atoms with E-state index in [0.717, 1.165) is 11.4 Å². The molecule has 4 N–H and O–H groups in total. The van der Waals surface area contributed by atoms with Crippen molar-refractivity contribution in [1.29, 1.82) is 0 Å². The Morgan fingerprint density at radius 3 is 2.65 bits per heavy atom. The van der Waals surface area contributed by atoms with E-state index < -0.39 is 0 Å². The van der Waals surface area contributed by atoms with Crippen molar-refractivity contribution in [2.75, 3.05) is 11.5 Å². The Hall–Kier alpha value is -1.68. The number of nitrogens with zero attached hydrogens (tertiary/aromatic N) is 1. The summed E-state index contributed by atoms with van der Waals surface area (Å²) in [4.78, 5) is 5.32. The topological polar surface area (TPSA) is 64.9 Å². The summed E-state index contributed by atoms with van der Waals surface area (Å²) in [6.45, 7) is 2.07. The molecule has 1 heterocycles. The summed E-state index contributed by atoms with van der Waals surface area (Å²) in [5.41, 5.74) is 14.4. The molecule has 3 nitrogen and oxygen atoms in total. The summed E-state index contributed by atoms with van der Waals surface area (Å²) in [7, 11) is 0. The predicted octanol–water partition coefficient (Wildman–Crippen LogP) is 2.85. The fourth-order valence-corrected chi connectivity index (χ4v) is 2.46. The first-order valence-electron chi connectivity index (χ1n) is 5.34. The van der Waals surface area contributed by atoms with Gasteiger partial charge in [-0.05, 0) is 42.3 Å². The zero-order chi connectivity index (χ0) is 12.3. The number of aromatic nitrogens is 1. The molecule has 88 valence electrons. The van der Waals surface area contributed by atoms with Gasteiger partial charge in [0, 0.05) is 22.5 Å². The van der Waals surface area contributed by atoms with Crippen molar-refractivity contribution >= 4 is 23.3 Å². The van der Waals surface area contributed by atoms with Gasteiger partial charge in [0.25, 0.3) is 0 Å². The number of pyridine rings is 1. The van der Waals surface area contributed by atoms with Gasteiger partial charge in [0.05, 0.1) is 0 Å². The Morgan fingerprint density at radius 1 is 1.18 bits per heavy atom. The fourth-order valence-electron chi connectivity index (χ4n) is 1.52. The van der Waals surface area contributed by atoms with E-state index in [9.17, 15) is 0 Å². The van der Waals surface area contributed by atoms with Gasteiger partial charge in [-0.2, -0.15) is 0 Å². The van der Waals surface area contributed by atoms with Crippen LogP contribution in [0.25, 0.3) is 0 Å². The Kier molecular flexibility index (Phi) is 3.54. The molecule has 2 aromatic rings. The minimum Gasteiger partial charge on any atom is -0.399 e. The lowest BCUT2D eigenvalue weighted by atomic mass is 10.2. The quantitative estimate of drug-likeness (QED) is 0.644. The van der Waals surface area contributed by atoms with Crippen molar-refractivity contribution in [2.24, 2.45) is 0 Å². The fraction of sp³-hybridized carbons (Fsp3) is 0.154. The van der Waals surface area contributed by atoms with Gasteiger partial charge in [0.1, 0.15) is 5.82 Å². The van der Waals surface area contributed by atoms with Gasteiger partial charge < -0.3 is 11.5 Å². The maximum absolute atomic E-state index is 5.72. The van der Waals surface area contributed by atoms with Crippen LogP contribution in [0.2, 0.25) is 0 Å². The maximum Gasteiger partial charge on any atom is 0.123 e. The lowest BCUT2D eigenvalue weighted by Gasteiger charge is -2.06. The van der Waals surface area contributed by atoms with E-state index in [1.54, 1.807) is 11.8 Å². The molecule has 17 heavy (non-hydrogen) atoms. The first-order chi connectivity index (χ1) is 8.15. The molecule has 0 bridgehead atoms. The second-order valence-electron chi connectivity index (χ2n) is 3.90. The standard InChI is InChI=1S/C13H15N3S/c1-9-6-11(14)3-4-12(9)17-8-10-2-5-13(15)16-7-10/h2-7H,8,14H2,1H3,(H2,15,16). The van der Waals surface area contributed by atoms with Crippen molar-refractivity contribution in [3.63, 3.8) is 0 Å². The molecule has 0 saturated carbocycles. The number of nitrogens with two attached hydrogens (primary N) is 2. The van der Waals surface area contributed by atoms with Crippen LogP contribution in [-0.2, 0) is 5.75 Å². The molecule has 0 atom stereocenters. The lowest BCUT2D eigenvalue weighted by molar-refractivity contribution is 1.25. The van der Waals surface area contributed by atoms with Crippen LogP contribution < -0.4 is 11.5 Å². The molecule has 0 amide bonds. The Balaban J connectivity index is 2.04. The second kappa shape index (κ2) is 5.10. The Labute approximate surface area is 105 Å². The normalized spacial score (nSPS) is 10.4. The van der Waals surface area contributed by atoms with Crippen LogP contribution in [-0.4, -0.2) is 4.98 Å². The zero-order valence-electron chi connectivity index (χ0n) is 9.68. The van der Waals surface area contributed by atoms with E-state index in [1.807, 2.05) is 30.5 Å². The first kappa shape index (κ1) is 11.8. The van der Waals surface area contributed by atoms with Gasteiger partial charge in [-0.1, -0.05) is 6.07 Å². The SMILES string of the molecule is Cc1cc(N)ccc1SCc1ccc(N)nc1. The summed E-state index contributed by atoms with van der Waals surface area (Å²) < 4.78 is 0. The van der Waals surface area contributed by atoms with E-state index in [2.05, 4.69) is 18.0 Å². The highest BCUT2D eigenvalue weighted by Crippen LogP contribution is 2.27. The molecule has 0 aliphatic heterocycles. The number of nitrogen functional groups attached to an aromatic ring is 2. The van der Waals surface area contributed by atoms with Crippen LogP contribution in [0.3, 0.4) is 0 Å². The average molecular weight is 245 g/mol. The van der Waals surface area contributed by atoms with Crippen molar-refractivity contribution in [1.82, 2.24) is 4.98 Å². The monoisotopic (exact) mass is 245 g/mol. The molecule has 0 spiro atoms. The van der Waals surface area contributed by atoms with E-state index in [4.69, 9.17) is 11.5 Å². The molecule has 0 fully saturated rings. The molecule has 4 heteroatoms. The van der Waals surface area contributed by atoms with Crippen molar-refractivity contribution < 1.29 is 0 Å². The van der Waals surface area contributed by atoms with Crippen LogP contribution in [0.4, 0.5) is 11.5 Å². The third-order valence-corrected chi connectivity index (χ3v) is 3.69. The largest absolute Gasteiger partial charge is 0.399 e. The van der Waals surface area contributed by atoms with E-state index in [1.165, 1.54) is 16.0 Å². The maximum atomic E-state index is 5.72. The second-order valence-corrected chi connectivity index (χ2v) is 4.92. The summed E-state index contributed by atoms with van der Waals surface area (Å²) in [6.07, 6.45) is 1.81. The molecule has 0 unspecified atom stereocenters. The molecule has 1 aromatic carbocycles. The predicted molar refractivity (Wildman–Crippen MR) is 73.8 cm³/mol. The molecular weight excluding hydrogens is 230 g/mol. The molecule has 0 aliphatic carbocycles. The highest BCUT2D eigenvalue weighted by Gasteiger charge is 2.01. The van der Waals surface area contributed by atoms with Gasteiger partial charge in [-0.3, -0.25) is 0 Å². The van der Waals surface area contributed by atoms with E-state index in [-0.39, 0.29) is 0 Å². The number of hydrogen-bond acceptors (Lipinski definition) is 4. The van der Waals surface area contributed by atoms with Crippen LogP contribution in [0.5, 0.6) is 0 Å². The summed E-state index contributed by atoms with van der Waals surface area (Å²) in [6, 6.07) is 9.80. The van der Waals surface area contributed by atoms with Crippen molar-refractivity contribution in [2.45, 2.75) is 17.6 Å². The molecule has 0 aliphatic rings. The van der Waals surface area contributed by atoms with Gasteiger partial charge in [0.2, 0.25) is 0 Å². The number of hydrogen-bond donors (Lipinski definition) is 2. The molecule has 0 saturated heterocycles. The molecule has 2 rings (SSSR count). The number of rotatable bonds is 3. The first-order valence-corrected chi connectivity index (χ1v) is 6.33. The van der Waals surface area contributed by atoms with E-state index >= 15 is 0 Å². The minimum atomic E-state index is 0.558. The Morgan fingerprint density at radius 2 is 2.00 bits per heavy atom. The Bertz CT molecular complexity index is 509. The van der Waals surface area contributed by atoms with Gasteiger partial charge in [0.15, 0.2) is 0 Å². The summed E-state index contributed by atoms with van der Waals surface area (Å²) in [5, 5.41) is 0. The third kappa shape index (κ3) is 3.14. The zero-order valence-corrected chi connectivity index (χ0v) is 10.5. The van der Waals surface area contributed by atoms with Gasteiger partial charge in [-0.25, -0.2) is 4.98 Å². The summed E-state index contributed by atoms with van der Waals surface area (Å²) in [5.74, 6) is 1.44. The molecular formula is C13H15N3S. The summed E-state index contributed by atoms with van der Waals surface area (Å²) >= 11 is 1.78. The number of benzene rings is 1. The third-order valence-electron chi connectivity index (χ3n) is 2.44.